The molecule has 17 heavy (non-hydrogen) atoms. The summed E-state index contributed by atoms with van der Waals surface area (Å²) in [6.45, 7) is 1.98. The van der Waals surface area contributed by atoms with Crippen LogP contribution in [0.1, 0.15) is 0 Å². The Hall–Kier alpha value is -1.07. The van der Waals surface area contributed by atoms with E-state index in [1.54, 1.807) is 6.20 Å². The lowest BCUT2D eigenvalue weighted by molar-refractivity contribution is 0.840. The average molecular weight is 267 g/mol. The third-order valence-electron chi connectivity index (χ3n) is 2.72. The molecular weight excluding hydrogens is 256 g/mol. The molecule has 1 aliphatic rings. The van der Waals surface area contributed by atoms with Gasteiger partial charge in [0.05, 0.1) is 5.52 Å². The molecule has 0 unspecified atom stereocenters. The molecule has 1 saturated heterocycles. The molecule has 0 radical (unpaired) electrons. The van der Waals surface area contributed by atoms with E-state index < -0.39 is 0 Å². The Balaban J connectivity index is 2.13. The zero-order valence-corrected chi connectivity index (χ0v) is 10.7. The second kappa shape index (κ2) is 4.66. The molecule has 0 aromatic carbocycles. The molecule has 3 heterocycles. The van der Waals surface area contributed by atoms with E-state index >= 15 is 0 Å². The van der Waals surface area contributed by atoms with Crippen molar-refractivity contribution in [1.82, 2.24) is 15.0 Å². The number of aromatic nitrogens is 3. The molecule has 0 atom stereocenters. The Bertz CT molecular complexity index is 542. The minimum atomic E-state index is 0.290. The van der Waals surface area contributed by atoms with Crippen molar-refractivity contribution in [2.75, 3.05) is 29.5 Å². The van der Waals surface area contributed by atoms with Gasteiger partial charge in [-0.15, -0.1) is 0 Å². The van der Waals surface area contributed by atoms with E-state index in [0.29, 0.717) is 5.28 Å². The van der Waals surface area contributed by atoms with E-state index in [0.717, 1.165) is 41.4 Å². The van der Waals surface area contributed by atoms with Crippen LogP contribution in [0.25, 0.3) is 11.0 Å². The Kier molecular flexibility index (Phi) is 3.03. The Labute approximate surface area is 108 Å². The van der Waals surface area contributed by atoms with Gasteiger partial charge in [-0.1, -0.05) is 0 Å². The maximum atomic E-state index is 5.96. The van der Waals surface area contributed by atoms with Crippen LogP contribution in [0.4, 0.5) is 5.82 Å². The number of halogens is 1. The summed E-state index contributed by atoms with van der Waals surface area (Å²) in [6.07, 6.45) is 1.77. The summed E-state index contributed by atoms with van der Waals surface area (Å²) in [5, 5.41) is 0.290. The van der Waals surface area contributed by atoms with Crippen molar-refractivity contribution in [3.63, 3.8) is 0 Å². The molecule has 0 spiro atoms. The lowest BCUT2D eigenvalue weighted by atomic mass is 10.3. The van der Waals surface area contributed by atoms with Crippen molar-refractivity contribution < 1.29 is 0 Å². The highest BCUT2D eigenvalue weighted by Crippen LogP contribution is 2.25. The molecule has 88 valence electrons. The van der Waals surface area contributed by atoms with Gasteiger partial charge in [-0.2, -0.15) is 16.7 Å². The molecule has 1 aliphatic heterocycles. The van der Waals surface area contributed by atoms with Gasteiger partial charge in [-0.05, 0) is 23.7 Å². The van der Waals surface area contributed by atoms with Gasteiger partial charge in [0.2, 0.25) is 5.28 Å². The van der Waals surface area contributed by atoms with E-state index in [9.17, 15) is 0 Å². The van der Waals surface area contributed by atoms with E-state index in [-0.39, 0.29) is 0 Å². The summed E-state index contributed by atoms with van der Waals surface area (Å²) in [7, 11) is 0. The lowest BCUT2D eigenvalue weighted by Crippen LogP contribution is -2.33. The monoisotopic (exact) mass is 266 g/mol. The largest absolute Gasteiger partial charge is 0.353 e. The number of hydrogen-bond donors (Lipinski definition) is 0. The Morgan fingerprint density at radius 3 is 2.88 bits per heavy atom. The van der Waals surface area contributed by atoms with E-state index in [1.807, 2.05) is 23.9 Å². The van der Waals surface area contributed by atoms with Gasteiger partial charge >= 0.3 is 0 Å². The van der Waals surface area contributed by atoms with Crippen LogP contribution in [0.2, 0.25) is 5.28 Å². The Morgan fingerprint density at radius 1 is 1.24 bits per heavy atom. The first-order chi connectivity index (χ1) is 8.34. The van der Waals surface area contributed by atoms with E-state index in [4.69, 9.17) is 11.6 Å². The molecule has 0 amide bonds. The van der Waals surface area contributed by atoms with E-state index in [2.05, 4.69) is 19.9 Å². The second-order valence-electron chi connectivity index (χ2n) is 3.79. The fourth-order valence-electron chi connectivity index (χ4n) is 1.92. The molecule has 0 N–H and O–H groups in total. The number of fused-ring (bicyclic) bond motifs is 1. The van der Waals surface area contributed by atoms with Crippen molar-refractivity contribution in [3.05, 3.63) is 23.6 Å². The predicted octanol–water partition coefficient (Wildman–Crippen LogP) is 2.23. The second-order valence-corrected chi connectivity index (χ2v) is 5.35. The number of pyridine rings is 1. The molecule has 4 nitrogen and oxygen atoms in total. The summed E-state index contributed by atoms with van der Waals surface area (Å²) in [5.74, 6) is 3.10. The third kappa shape index (κ3) is 2.17. The number of anilines is 1. The Morgan fingerprint density at radius 2 is 2.06 bits per heavy atom. The smallest absolute Gasteiger partial charge is 0.225 e. The van der Waals surface area contributed by atoms with Gasteiger partial charge in [0, 0.05) is 30.8 Å². The SMILES string of the molecule is Clc1nc(N2CCSCC2)c2ncccc2n1. The van der Waals surface area contributed by atoms with Gasteiger partial charge in [0.25, 0.3) is 0 Å². The normalized spacial score (nSPS) is 16.4. The standard InChI is InChI=1S/C11H11ClN4S/c12-11-14-8-2-1-3-13-9(8)10(15-11)16-4-6-17-7-5-16/h1-3H,4-7H2. The maximum absolute atomic E-state index is 5.96. The van der Waals surface area contributed by atoms with Gasteiger partial charge < -0.3 is 4.90 Å². The van der Waals surface area contributed by atoms with Crippen LogP contribution in [0.5, 0.6) is 0 Å². The summed E-state index contributed by atoms with van der Waals surface area (Å²) >= 11 is 7.93. The first-order valence-electron chi connectivity index (χ1n) is 5.45. The first-order valence-corrected chi connectivity index (χ1v) is 6.99. The fraction of sp³-hybridized carbons (Fsp3) is 0.364. The highest BCUT2D eigenvalue weighted by Gasteiger charge is 2.17. The van der Waals surface area contributed by atoms with Crippen LogP contribution in [-0.2, 0) is 0 Å². The number of hydrogen-bond acceptors (Lipinski definition) is 5. The highest BCUT2D eigenvalue weighted by atomic mass is 35.5. The summed E-state index contributed by atoms with van der Waals surface area (Å²) in [4.78, 5) is 15.1. The van der Waals surface area contributed by atoms with Gasteiger partial charge in [-0.3, -0.25) is 4.98 Å². The van der Waals surface area contributed by atoms with Crippen LogP contribution in [-0.4, -0.2) is 39.5 Å². The molecule has 2 aromatic rings. The summed E-state index contributed by atoms with van der Waals surface area (Å²) < 4.78 is 0. The van der Waals surface area contributed by atoms with Gasteiger partial charge in [-0.25, -0.2) is 4.98 Å². The van der Waals surface area contributed by atoms with Crippen molar-refractivity contribution in [2.24, 2.45) is 0 Å². The zero-order valence-electron chi connectivity index (χ0n) is 9.14. The molecule has 1 fully saturated rings. The summed E-state index contributed by atoms with van der Waals surface area (Å²) in [5.41, 5.74) is 1.64. The number of rotatable bonds is 1. The minimum absolute atomic E-state index is 0.290. The van der Waals surface area contributed by atoms with Gasteiger partial charge in [0.15, 0.2) is 5.82 Å². The topological polar surface area (TPSA) is 41.9 Å². The van der Waals surface area contributed by atoms with Crippen molar-refractivity contribution in [3.8, 4) is 0 Å². The van der Waals surface area contributed by atoms with E-state index in [1.165, 1.54) is 0 Å². The van der Waals surface area contributed by atoms with Crippen LogP contribution in [0.15, 0.2) is 18.3 Å². The van der Waals surface area contributed by atoms with Gasteiger partial charge in [0.1, 0.15) is 5.52 Å². The van der Waals surface area contributed by atoms with Crippen molar-refractivity contribution in [1.29, 1.82) is 0 Å². The van der Waals surface area contributed by atoms with Crippen LogP contribution < -0.4 is 4.90 Å². The maximum Gasteiger partial charge on any atom is 0.225 e. The first kappa shape index (κ1) is 11.0. The molecule has 6 heteroatoms. The summed E-state index contributed by atoms with van der Waals surface area (Å²) in [6, 6.07) is 3.78. The van der Waals surface area contributed by atoms with Crippen LogP contribution >= 0.6 is 23.4 Å². The average Bonchev–Trinajstić information content (AvgIpc) is 2.39. The van der Waals surface area contributed by atoms with Crippen molar-refractivity contribution >= 4 is 40.2 Å². The lowest BCUT2D eigenvalue weighted by Gasteiger charge is -2.27. The molecule has 0 aliphatic carbocycles. The molecular formula is C11H11ClN4S. The molecule has 3 rings (SSSR count). The minimum Gasteiger partial charge on any atom is -0.353 e. The van der Waals surface area contributed by atoms with Crippen molar-refractivity contribution in [2.45, 2.75) is 0 Å². The number of nitrogens with zero attached hydrogens (tertiary/aromatic N) is 4. The zero-order chi connectivity index (χ0) is 11.7. The van der Waals surface area contributed by atoms with Crippen LogP contribution in [0.3, 0.4) is 0 Å². The third-order valence-corrected chi connectivity index (χ3v) is 3.83. The molecule has 0 saturated carbocycles. The molecule has 0 bridgehead atoms. The fourth-order valence-corrected chi connectivity index (χ4v) is 2.99. The predicted molar refractivity (Wildman–Crippen MR) is 71.9 cm³/mol. The molecule has 2 aromatic heterocycles. The van der Waals surface area contributed by atoms with Crippen LogP contribution in [0, 0.1) is 0 Å². The quantitative estimate of drug-likeness (QED) is 0.741. The highest BCUT2D eigenvalue weighted by molar-refractivity contribution is 7.99. The number of thioether (sulfide) groups is 1.